The molecule has 3 amide bonds. The second-order valence-corrected chi connectivity index (χ2v) is 6.40. The highest BCUT2D eigenvalue weighted by Gasteiger charge is 2.18. The summed E-state index contributed by atoms with van der Waals surface area (Å²) in [7, 11) is 1.68. The van der Waals surface area contributed by atoms with Gasteiger partial charge < -0.3 is 26.3 Å². The first-order valence-electron chi connectivity index (χ1n) is 7.58. The first-order valence-corrected chi connectivity index (χ1v) is 8.40. The van der Waals surface area contributed by atoms with Crippen LogP contribution >= 0.6 is 11.3 Å². The number of thiazole rings is 1. The normalized spacial score (nSPS) is 10.2. The minimum atomic E-state index is -0.381. The quantitative estimate of drug-likeness (QED) is 0.260. The van der Waals surface area contributed by atoms with Crippen LogP contribution in [0.25, 0.3) is 0 Å². The van der Waals surface area contributed by atoms with Gasteiger partial charge in [0.05, 0.1) is 17.2 Å². The Morgan fingerprint density at radius 1 is 1.42 bits per heavy atom. The molecule has 2 aromatic rings. The highest BCUT2D eigenvalue weighted by molar-refractivity contribution is 7.17. The molecule has 11 heteroatoms. The summed E-state index contributed by atoms with van der Waals surface area (Å²) in [6, 6.07) is 1.54. The number of nitrogens with zero attached hydrogens (tertiary/aromatic N) is 2. The number of rotatable bonds is 8. The first kappa shape index (κ1) is 19.1. The van der Waals surface area contributed by atoms with E-state index in [2.05, 4.69) is 20.9 Å². The van der Waals surface area contributed by atoms with E-state index in [1.165, 1.54) is 0 Å². The van der Waals surface area contributed by atoms with Crippen LogP contribution in [0.15, 0.2) is 12.3 Å². The maximum absolute atomic E-state index is 12.4. The van der Waals surface area contributed by atoms with Gasteiger partial charge in [0.1, 0.15) is 10.6 Å². The number of hydrogen-bond acceptors (Lipinski definition) is 6. The van der Waals surface area contributed by atoms with E-state index in [-0.39, 0.29) is 30.6 Å². The average Bonchev–Trinajstić information content (AvgIpc) is 3.10. The maximum Gasteiger partial charge on any atom is 0.267 e. The molecule has 0 aromatic carbocycles. The SMILES string of the molecule is Cc1nc(NC=O)sc1C(=O)Nc1cc(C(=O)NCCC(=N)N)n(C)c1. The van der Waals surface area contributed by atoms with Crippen LogP contribution in [0.4, 0.5) is 10.8 Å². The number of aromatic nitrogens is 2. The summed E-state index contributed by atoms with van der Waals surface area (Å²) in [4.78, 5) is 39.4. The van der Waals surface area contributed by atoms with Crippen molar-refractivity contribution in [3.05, 3.63) is 28.5 Å². The minimum Gasteiger partial charge on any atom is -0.388 e. The van der Waals surface area contributed by atoms with Crippen LogP contribution in [0.5, 0.6) is 0 Å². The number of carbonyl (C=O) groups is 3. The first-order chi connectivity index (χ1) is 12.3. The number of hydrogen-bond donors (Lipinski definition) is 5. The van der Waals surface area contributed by atoms with Crippen molar-refractivity contribution < 1.29 is 14.4 Å². The molecule has 0 atom stereocenters. The highest BCUT2D eigenvalue weighted by atomic mass is 32.1. The standard InChI is InChI=1S/C15H19N7O3S/c1-8-12(26-15(20-8)19-7-23)14(25)21-9-5-10(22(2)6-9)13(24)18-4-3-11(16)17/h5-7H,3-4H2,1-2H3,(H3,16,17)(H,18,24)(H,21,25)(H,19,20,23). The van der Waals surface area contributed by atoms with Crippen LogP contribution in [0.2, 0.25) is 0 Å². The van der Waals surface area contributed by atoms with E-state index >= 15 is 0 Å². The van der Waals surface area contributed by atoms with Crippen molar-refractivity contribution in [2.24, 2.45) is 12.8 Å². The molecular weight excluding hydrogens is 358 g/mol. The average molecular weight is 377 g/mol. The molecule has 2 rings (SSSR count). The molecule has 0 radical (unpaired) electrons. The summed E-state index contributed by atoms with van der Waals surface area (Å²) >= 11 is 1.06. The van der Waals surface area contributed by atoms with Gasteiger partial charge in [-0.25, -0.2) is 4.98 Å². The van der Waals surface area contributed by atoms with E-state index in [0.717, 1.165) is 11.3 Å². The van der Waals surface area contributed by atoms with Crippen molar-refractivity contribution >= 4 is 46.2 Å². The Bertz CT molecular complexity index is 856. The van der Waals surface area contributed by atoms with Gasteiger partial charge in [-0.3, -0.25) is 19.8 Å². The monoisotopic (exact) mass is 377 g/mol. The molecule has 6 N–H and O–H groups in total. The van der Waals surface area contributed by atoms with Gasteiger partial charge in [0.25, 0.3) is 11.8 Å². The third-order valence-corrected chi connectivity index (χ3v) is 4.45. The smallest absolute Gasteiger partial charge is 0.267 e. The van der Waals surface area contributed by atoms with Gasteiger partial charge in [0, 0.05) is 26.2 Å². The van der Waals surface area contributed by atoms with Crippen LogP contribution in [0, 0.1) is 12.3 Å². The van der Waals surface area contributed by atoms with Crippen molar-refractivity contribution in [2.75, 3.05) is 17.2 Å². The Labute approximate surface area is 153 Å². The summed E-state index contributed by atoms with van der Waals surface area (Å²) in [5.74, 6) is -0.720. The van der Waals surface area contributed by atoms with Gasteiger partial charge in [-0.05, 0) is 13.0 Å². The highest BCUT2D eigenvalue weighted by Crippen LogP contribution is 2.23. The second kappa shape index (κ2) is 8.25. The lowest BCUT2D eigenvalue weighted by atomic mass is 10.3. The zero-order valence-electron chi connectivity index (χ0n) is 14.3. The van der Waals surface area contributed by atoms with E-state index in [4.69, 9.17) is 11.1 Å². The van der Waals surface area contributed by atoms with E-state index in [0.29, 0.717) is 33.5 Å². The van der Waals surface area contributed by atoms with Crippen LogP contribution in [-0.2, 0) is 11.8 Å². The lowest BCUT2D eigenvalue weighted by Gasteiger charge is -2.04. The minimum absolute atomic E-state index is 0.00602. The molecule has 0 saturated carbocycles. The number of amidine groups is 1. The summed E-state index contributed by atoms with van der Waals surface area (Å²) < 4.78 is 1.58. The molecular formula is C15H19N7O3S. The van der Waals surface area contributed by atoms with Crippen molar-refractivity contribution in [2.45, 2.75) is 13.3 Å². The zero-order chi connectivity index (χ0) is 19.3. The third-order valence-electron chi connectivity index (χ3n) is 3.36. The Kier molecular flexibility index (Phi) is 6.07. The summed E-state index contributed by atoms with van der Waals surface area (Å²) in [6.45, 7) is 1.92. The topological polar surface area (TPSA) is 155 Å². The predicted molar refractivity (Wildman–Crippen MR) is 98.8 cm³/mol. The van der Waals surface area contributed by atoms with Gasteiger partial charge in [0.15, 0.2) is 5.13 Å². The molecule has 0 aliphatic carbocycles. The second-order valence-electron chi connectivity index (χ2n) is 5.41. The van der Waals surface area contributed by atoms with Crippen molar-refractivity contribution in [1.82, 2.24) is 14.9 Å². The predicted octanol–water partition coefficient (Wildman–Crippen LogP) is 0.666. The fourth-order valence-electron chi connectivity index (χ4n) is 2.17. The molecule has 26 heavy (non-hydrogen) atoms. The fourth-order valence-corrected chi connectivity index (χ4v) is 2.99. The number of carbonyl (C=O) groups excluding carboxylic acids is 3. The molecule has 0 spiro atoms. The van der Waals surface area contributed by atoms with Crippen LogP contribution in [-0.4, -0.2) is 40.2 Å². The Morgan fingerprint density at radius 2 is 2.15 bits per heavy atom. The number of anilines is 2. The van der Waals surface area contributed by atoms with Crippen molar-refractivity contribution in [3.63, 3.8) is 0 Å². The van der Waals surface area contributed by atoms with Crippen molar-refractivity contribution in [3.8, 4) is 0 Å². The Morgan fingerprint density at radius 3 is 2.81 bits per heavy atom. The molecule has 0 saturated heterocycles. The molecule has 0 bridgehead atoms. The zero-order valence-corrected chi connectivity index (χ0v) is 15.1. The number of nitrogens with two attached hydrogens (primary N) is 1. The number of amides is 3. The summed E-state index contributed by atoms with van der Waals surface area (Å²) in [5, 5.41) is 15.2. The molecule has 10 nitrogen and oxygen atoms in total. The Hall–Kier alpha value is -3.21. The summed E-state index contributed by atoms with van der Waals surface area (Å²) in [6.07, 6.45) is 2.37. The van der Waals surface area contributed by atoms with Gasteiger partial charge in [-0.2, -0.15) is 0 Å². The van der Waals surface area contributed by atoms with E-state index in [1.807, 2.05) is 0 Å². The van der Waals surface area contributed by atoms with Crippen LogP contribution in [0.1, 0.15) is 32.3 Å². The van der Waals surface area contributed by atoms with Crippen molar-refractivity contribution in [1.29, 1.82) is 5.41 Å². The van der Waals surface area contributed by atoms with Gasteiger partial charge in [0.2, 0.25) is 6.41 Å². The van der Waals surface area contributed by atoms with Gasteiger partial charge in [-0.15, -0.1) is 0 Å². The Balaban J connectivity index is 2.06. The lowest BCUT2D eigenvalue weighted by molar-refractivity contribution is -0.105. The molecule has 0 aliphatic rings. The van der Waals surface area contributed by atoms with Gasteiger partial charge in [-0.1, -0.05) is 11.3 Å². The fraction of sp³-hybridized carbons (Fsp3) is 0.267. The van der Waals surface area contributed by atoms with E-state index in [1.54, 1.807) is 30.8 Å². The van der Waals surface area contributed by atoms with E-state index in [9.17, 15) is 14.4 Å². The molecule has 0 fully saturated rings. The number of nitrogens with one attached hydrogen (secondary N) is 4. The van der Waals surface area contributed by atoms with Crippen LogP contribution < -0.4 is 21.7 Å². The number of aryl methyl sites for hydroxylation is 2. The third kappa shape index (κ3) is 4.66. The molecule has 0 aliphatic heterocycles. The largest absolute Gasteiger partial charge is 0.388 e. The molecule has 2 heterocycles. The molecule has 138 valence electrons. The summed E-state index contributed by atoms with van der Waals surface area (Å²) in [5.41, 5.74) is 6.55. The molecule has 0 unspecified atom stereocenters. The van der Waals surface area contributed by atoms with Crippen LogP contribution in [0.3, 0.4) is 0 Å². The molecule has 2 aromatic heterocycles. The van der Waals surface area contributed by atoms with E-state index < -0.39 is 0 Å². The van der Waals surface area contributed by atoms with Gasteiger partial charge >= 0.3 is 0 Å². The lowest BCUT2D eigenvalue weighted by Crippen LogP contribution is -2.28. The maximum atomic E-state index is 12.4.